The lowest BCUT2D eigenvalue weighted by Gasteiger charge is -2.22. The van der Waals surface area contributed by atoms with Crippen molar-refractivity contribution in [1.29, 1.82) is 0 Å². The van der Waals surface area contributed by atoms with E-state index in [9.17, 15) is 9.59 Å². The monoisotopic (exact) mass is 366 g/mol. The van der Waals surface area contributed by atoms with Crippen molar-refractivity contribution in [3.63, 3.8) is 0 Å². The SMILES string of the molecule is CCNC(=NCCCN1CCCCCC1=O)N1CC(C)C(C(=O)OC)C1. The van der Waals surface area contributed by atoms with E-state index in [4.69, 9.17) is 9.73 Å². The summed E-state index contributed by atoms with van der Waals surface area (Å²) < 4.78 is 4.92. The fourth-order valence-corrected chi connectivity index (χ4v) is 3.75. The number of rotatable bonds is 6. The molecule has 0 aromatic rings. The van der Waals surface area contributed by atoms with Crippen molar-refractivity contribution in [2.75, 3.05) is 46.4 Å². The summed E-state index contributed by atoms with van der Waals surface area (Å²) in [4.78, 5) is 32.8. The quantitative estimate of drug-likeness (QED) is 0.334. The van der Waals surface area contributed by atoms with Crippen LogP contribution >= 0.6 is 0 Å². The molecule has 0 saturated carbocycles. The van der Waals surface area contributed by atoms with Gasteiger partial charge in [0.2, 0.25) is 5.91 Å². The van der Waals surface area contributed by atoms with E-state index in [1.165, 1.54) is 7.11 Å². The number of amides is 1. The minimum Gasteiger partial charge on any atom is -0.469 e. The minimum absolute atomic E-state index is 0.0985. The molecule has 0 aromatic heterocycles. The third-order valence-electron chi connectivity index (χ3n) is 5.27. The van der Waals surface area contributed by atoms with Crippen LogP contribution < -0.4 is 5.32 Å². The maximum atomic E-state index is 12.0. The molecule has 2 rings (SSSR count). The van der Waals surface area contributed by atoms with Gasteiger partial charge in [-0.3, -0.25) is 14.6 Å². The lowest BCUT2D eigenvalue weighted by atomic mass is 9.99. The second-order valence-corrected chi connectivity index (χ2v) is 7.29. The van der Waals surface area contributed by atoms with E-state index in [0.29, 0.717) is 19.5 Å². The Bertz CT molecular complexity index is 509. The van der Waals surface area contributed by atoms with Crippen LogP contribution in [-0.4, -0.2) is 74.0 Å². The van der Waals surface area contributed by atoms with Gasteiger partial charge in [0.15, 0.2) is 5.96 Å². The number of nitrogens with one attached hydrogen (secondary N) is 1. The van der Waals surface area contributed by atoms with Gasteiger partial charge in [-0.2, -0.15) is 0 Å². The van der Waals surface area contributed by atoms with Crippen LogP contribution in [0.2, 0.25) is 0 Å². The van der Waals surface area contributed by atoms with Gasteiger partial charge in [-0.15, -0.1) is 0 Å². The predicted octanol–water partition coefficient (Wildman–Crippen LogP) is 1.49. The topological polar surface area (TPSA) is 74.2 Å². The molecule has 1 N–H and O–H groups in total. The van der Waals surface area contributed by atoms with E-state index in [-0.39, 0.29) is 23.7 Å². The summed E-state index contributed by atoms with van der Waals surface area (Å²) in [5.74, 6) is 1.15. The molecule has 2 atom stereocenters. The Balaban J connectivity index is 1.86. The highest BCUT2D eigenvalue weighted by Crippen LogP contribution is 2.24. The van der Waals surface area contributed by atoms with Gasteiger partial charge in [0.1, 0.15) is 0 Å². The molecule has 2 aliphatic heterocycles. The molecule has 148 valence electrons. The lowest BCUT2D eigenvalue weighted by molar-refractivity contribution is -0.146. The van der Waals surface area contributed by atoms with Crippen LogP contribution in [0.1, 0.15) is 46.0 Å². The Kier molecular flexibility index (Phi) is 8.19. The molecule has 2 saturated heterocycles. The first-order valence-corrected chi connectivity index (χ1v) is 9.95. The van der Waals surface area contributed by atoms with Crippen molar-refractivity contribution in [3.05, 3.63) is 0 Å². The van der Waals surface area contributed by atoms with Crippen molar-refractivity contribution in [1.82, 2.24) is 15.1 Å². The average molecular weight is 367 g/mol. The molecule has 26 heavy (non-hydrogen) atoms. The Labute approximate surface area is 157 Å². The van der Waals surface area contributed by atoms with Gasteiger partial charge in [-0.05, 0) is 32.1 Å². The highest BCUT2D eigenvalue weighted by molar-refractivity contribution is 5.82. The van der Waals surface area contributed by atoms with E-state index in [0.717, 1.165) is 57.8 Å². The van der Waals surface area contributed by atoms with Gasteiger partial charge in [-0.1, -0.05) is 13.3 Å². The van der Waals surface area contributed by atoms with Gasteiger partial charge >= 0.3 is 5.97 Å². The molecule has 2 unspecified atom stereocenters. The van der Waals surface area contributed by atoms with Crippen LogP contribution in [0.4, 0.5) is 0 Å². The molecule has 0 aromatic carbocycles. The molecule has 2 heterocycles. The molecule has 2 fully saturated rings. The summed E-state index contributed by atoms with van der Waals surface area (Å²) in [6.07, 6.45) is 4.83. The molecule has 0 bridgehead atoms. The molecule has 0 radical (unpaired) electrons. The second kappa shape index (κ2) is 10.4. The summed E-state index contributed by atoms with van der Waals surface area (Å²) in [6.45, 7) is 8.70. The summed E-state index contributed by atoms with van der Waals surface area (Å²) in [7, 11) is 1.45. The van der Waals surface area contributed by atoms with Crippen LogP contribution in [0, 0.1) is 11.8 Å². The number of methoxy groups -OCH3 is 1. The van der Waals surface area contributed by atoms with Crippen LogP contribution in [-0.2, 0) is 14.3 Å². The number of esters is 1. The molecular formula is C19H34N4O3. The minimum atomic E-state index is -0.143. The molecule has 0 aliphatic carbocycles. The summed E-state index contributed by atoms with van der Waals surface area (Å²) in [5, 5.41) is 3.32. The number of aliphatic imine (C=N–C) groups is 1. The summed E-state index contributed by atoms with van der Waals surface area (Å²) in [6, 6.07) is 0. The molecule has 2 aliphatic rings. The van der Waals surface area contributed by atoms with E-state index in [1.807, 2.05) is 11.8 Å². The molecule has 7 nitrogen and oxygen atoms in total. The highest BCUT2D eigenvalue weighted by Gasteiger charge is 2.36. The lowest BCUT2D eigenvalue weighted by Crippen LogP contribution is -2.41. The summed E-state index contributed by atoms with van der Waals surface area (Å²) >= 11 is 0. The largest absolute Gasteiger partial charge is 0.469 e. The Hall–Kier alpha value is -1.79. The zero-order valence-electron chi connectivity index (χ0n) is 16.5. The molecule has 0 spiro atoms. The number of nitrogens with zero attached hydrogens (tertiary/aromatic N) is 3. The smallest absolute Gasteiger partial charge is 0.310 e. The first-order valence-electron chi connectivity index (χ1n) is 9.95. The number of carbonyl (C=O) groups excluding carboxylic acids is 2. The zero-order chi connectivity index (χ0) is 18.9. The Morgan fingerprint density at radius 2 is 2.12 bits per heavy atom. The maximum absolute atomic E-state index is 12.0. The van der Waals surface area contributed by atoms with Crippen molar-refractivity contribution < 1.29 is 14.3 Å². The van der Waals surface area contributed by atoms with Crippen molar-refractivity contribution in [3.8, 4) is 0 Å². The first kappa shape index (κ1) is 20.5. The third kappa shape index (κ3) is 5.61. The fraction of sp³-hybridized carbons (Fsp3) is 0.842. The predicted molar refractivity (Wildman–Crippen MR) is 102 cm³/mol. The van der Waals surface area contributed by atoms with Gasteiger partial charge < -0.3 is 19.9 Å². The zero-order valence-corrected chi connectivity index (χ0v) is 16.5. The number of carbonyl (C=O) groups is 2. The second-order valence-electron chi connectivity index (χ2n) is 7.29. The number of hydrogen-bond donors (Lipinski definition) is 1. The Morgan fingerprint density at radius 3 is 2.85 bits per heavy atom. The van der Waals surface area contributed by atoms with E-state index < -0.39 is 0 Å². The van der Waals surface area contributed by atoms with E-state index >= 15 is 0 Å². The molecular weight excluding hydrogens is 332 g/mol. The normalized spacial score (nSPS) is 24.6. The van der Waals surface area contributed by atoms with Gasteiger partial charge in [-0.25, -0.2) is 0 Å². The summed E-state index contributed by atoms with van der Waals surface area (Å²) in [5.41, 5.74) is 0. The number of likely N-dealkylation sites (tertiary alicyclic amines) is 2. The van der Waals surface area contributed by atoms with Crippen LogP contribution in [0.3, 0.4) is 0 Å². The van der Waals surface area contributed by atoms with Crippen molar-refractivity contribution in [2.45, 2.75) is 46.0 Å². The standard InChI is InChI=1S/C19H34N4O3/c1-4-20-19(23-13-15(2)16(14-23)18(25)26-3)21-10-8-12-22-11-7-5-6-9-17(22)24/h15-16H,4-14H2,1-3H3,(H,20,21). The van der Waals surface area contributed by atoms with Crippen LogP contribution in [0.15, 0.2) is 4.99 Å². The van der Waals surface area contributed by atoms with Crippen molar-refractivity contribution >= 4 is 17.8 Å². The fourth-order valence-electron chi connectivity index (χ4n) is 3.75. The van der Waals surface area contributed by atoms with E-state index in [2.05, 4.69) is 17.1 Å². The maximum Gasteiger partial charge on any atom is 0.310 e. The number of guanidine groups is 1. The average Bonchev–Trinajstić information content (AvgIpc) is 2.90. The third-order valence-corrected chi connectivity index (χ3v) is 5.27. The highest BCUT2D eigenvalue weighted by atomic mass is 16.5. The molecule has 1 amide bonds. The molecule has 7 heteroatoms. The van der Waals surface area contributed by atoms with Gasteiger partial charge in [0.05, 0.1) is 13.0 Å². The van der Waals surface area contributed by atoms with Gasteiger partial charge in [0, 0.05) is 45.7 Å². The van der Waals surface area contributed by atoms with Crippen molar-refractivity contribution in [2.24, 2.45) is 16.8 Å². The van der Waals surface area contributed by atoms with Gasteiger partial charge in [0.25, 0.3) is 0 Å². The van der Waals surface area contributed by atoms with E-state index in [1.54, 1.807) is 0 Å². The first-order chi connectivity index (χ1) is 12.6. The number of ether oxygens (including phenoxy) is 1. The number of hydrogen-bond acceptors (Lipinski definition) is 4. The van der Waals surface area contributed by atoms with Crippen LogP contribution in [0.25, 0.3) is 0 Å². The Morgan fingerprint density at radius 1 is 1.31 bits per heavy atom. The van der Waals surface area contributed by atoms with Crippen LogP contribution in [0.5, 0.6) is 0 Å².